The van der Waals surface area contributed by atoms with E-state index in [4.69, 9.17) is 9.84 Å². The van der Waals surface area contributed by atoms with Crippen molar-refractivity contribution in [1.82, 2.24) is 0 Å². The van der Waals surface area contributed by atoms with Crippen LogP contribution in [0.3, 0.4) is 0 Å². The first-order valence-electron chi connectivity index (χ1n) is 4.75. The van der Waals surface area contributed by atoms with E-state index in [1.807, 2.05) is 18.2 Å². The predicted octanol–water partition coefficient (Wildman–Crippen LogP) is 2.27. The van der Waals surface area contributed by atoms with E-state index in [0.717, 1.165) is 0 Å². The van der Waals surface area contributed by atoms with Gasteiger partial charge in [-0.1, -0.05) is 18.2 Å². The molecule has 1 rings (SSSR count). The number of carboxylic acids is 1. The highest BCUT2D eigenvalue weighted by Crippen LogP contribution is 2.09. The van der Waals surface area contributed by atoms with Gasteiger partial charge in [0.15, 0.2) is 6.17 Å². The van der Waals surface area contributed by atoms with Gasteiger partial charge in [-0.2, -0.15) is 0 Å². The number of alkyl halides is 1. The first kappa shape index (κ1) is 11.5. The number of ether oxygens (including phenoxy) is 1. The van der Waals surface area contributed by atoms with E-state index < -0.39 is 12.1 Å². The molecule has 1 aromatic rings. The number of carbonyl (C=O) groups is 1. The Morgan fingerprint density at radius 1 is 1.40 bits per heavy atom. The molecule has 0 spiro atoms. The van der Waals surface area contributed by atoms with Gasteiger partial charge in [-0.05, 0) is 25.0 Å². The number of benzene rings is 1. The second kappa shape index (κ2) is 6.01. The Bertz CT molecular complexity index is 300. The lowest BCUT2D eigenvalue weighted by Crippen LogP contribution is -2.15. The average Bonchev–Trinajstić information content (AvgIpc) is 2.25. The summed E-state index contributed by atoms with van der Waals surface area (Å²) in [6.07, 6.45) is -1.41. The van der Waals surface area contributed by atoms with Crippen LogP contribution in [0.2, 0.25) is 0 Å². The van der Waals surface area contributed by atoms with Crippen molar-refractivity contribution >= 4 is 5.97 Å². The van der Waals surface area contributed by atoms with Crippen LogP contribution in [0.25, 0.3) is 0 Å². The van der Waals surface area contributed by atoms with E-state index in [9.17, 15) is 9.18 Å². The molecule has 1 N–H and O–H groups in total. The lowest BCUT2D eigenvalue weighted by Gasteiger charge is -2.06. The fraction of sp³-hybridized carbons (Fsp3) is 0.364. The van der Waals surface area contributed by atoms with Crippen LogP contribution < -0.4 is 4.74 Å². The summed E-state index contributed by atoms with van der Waals surface area (Å²) in [5.74, 6) is -0.696. The van der Waals surface area contributed by atoms with Gasteiger partial charge in [0.05, 0.1) is 6.61 Å². The molecule has 15 heavy (non-hydrogen) atoms. The fourth-order valence-electron chi connectivity index (χ4n) is 1.09. The van der Waals surface area contributed by atoms with Crippen molar-refractivity contribution in [3.63, 3.8) is 0 Å². The molecule has 3 nitrogen and oxygen atoms in total. The molecule has 1 aromatic carbocycles. The monoisotopic (exact) mass is 212 g/mol. The molecule has 0 radical (unpaired) electrons. The third-order valence-electron chi connectivity index (χ3n) is 1.88. The van der Waals surface area contributed by atoms with Gasteiger partial charge in [-0.15, -0.1) is 0 Å². The van der Waals surface area contributed by atoms with Crippen molar-refractivity contribution in [1.29, 1.82) is 0 Å². The van der Waals surface area contributed by atoms with E-state index >= 15 is 0 Å². The molecule has 1 unspecified atom stereocenters. The minimum Gasteiger partial charge on any atom is -0.494 e. The maximum atomic E-state index is 12.6. The highest BCUT2D eigenvalue weighted by molar-refractivity contribution is 5.71. The summed E-state index contributed by atoms with van der Waals surface area (Å²) in [4.78, 5) is 10.1. The minimum atomic E-state index is -1.79. The van der Waals surface area contributed by atoms with Gasteiger partial charge in [-0.25, -0.2) is 9.18 Å². The van der Waals surface area contributed by atoms with E-state index in [2.05, 4.69) is 0 Å². The maximum Gasteiger partial charge on any atom is 0.338 e. The Morgan fingerprint density at radius 2 is 2.07 bits per heavy atom. The summed E-state index contributed by atoms with van der Waals surface area (Å²) >= 11 is 0. The van der Waals surface area contributed by atoms with Crippen LogP contribution in [-0.2, 0) is 4.79 Å². The predicted molar refractivity (Wildman–Crippen MR) is 53.7 cm³/mol. The smallest absolute Gasteiger partial charge is 0.338 e. The van der Waals surface area contributed by atoms with Gasteiger partial charge in [0.1, 0.15) is 5.75 Å². The topological polar surface area (TPSA) is 46.5 Å². The van der Waals surface area contributed by atoms with E-state index in [0.29, 0.717) is 18.8 Å². The lowest BCUT2D eigenvalue weighted by molar-refractivity contribution is -0.143. The van der Waals surface area contributed by atoms with Crippen LogP contribution in [0, 0.1) is 0 Å². The zero-order valence-corrected chi connectivity index (χ0v) is 8.23. The van der Waals surface area contributed by atoms with Crippen molar-refractivity contribution in [2.45, 2.75) is 19.0 Å². The van der Waals surface area contributed by atoms with Gasteiger partial charge in [0.25, 0.3) is 0 Å². The zero-order valence-electron chi connectivity index (χ0n) is 8.23. The molecular weight excluding hydrogens is 199 g/mol. The van der Waals surface area contributed by atoms with E-state index in [-0.39, 0.29) is 6.42 Å². The second-order valence-corrected chi connectivity index (χ2v) is 3.11. The molecule has 0 amide bonds. The quantitative estimate of drug-likeness (QED) is 0.736. The summed E-state index contributed by atoms with van der Waals surface area (Å²) in [5, 5.41) is 8.28. The first-order chi connectivity index (χ1) is 7.20. The molecule has 0 heterocycles. The first-order valence-corrected chi connectivity index (χ1v) is 4.75. The van der Waals surface area contributed by atoms with Crippen LogP contribution >= 0.6 is 0 Å². The number of hydrogen-bond donors (Lipinski definition) is 1. The average molecular weight is 212 g/mol. The van der Waals surface area contributed by atoms with Gasteiger partial charge in [-0.3, -0.25) is 0 Å². The van der Waals surface area contributed by atoms with Crippen molar-refractivity contribution in [2.24, 2.45) is 0 Å². The van der Waals surface area contributed by atoms with Crippen LogP contribution in [0.1, 0.15) is 12.8 Å². The third-order valence-corrected chi connectivity index (χ3v) is 1.88. The van der Waals surface area contributed by atoms with Gasteiger partial charge < -0.3 is 9.84 Å². The van der Waals surface area contributed by atoms with Crippen LogP contribution in [0.15, 0.2) is 30.3 Å². The summed E-state index contributed by atoms with van der Waals surface area (Å²) in [7, 11) is 0. The number of halogens is 1. The molecule has 0 aliphatic heterocycles. The molecule has 0 aliphatic carbocycles. The lowest BCUT2D eigenvalue weighted by atomic mass is 10.2. The number of para-hydroxylation sites is 1. The summed E-state index contributed by atoms with van der Waals surface area (Å²) in [6.45, 7) is 0.331. The molecular formula is C11H13FO3. The summed E-state index contributed by atoms with van der Waals surface area (Å²) in [5.41, 5.74) is 0. The Balaban J connectivity index is 2.15. The molecule has 4 heteroatoms. The Hall–Kier alpha value is -1.58. The number of rotatable bonds is 6. The van der Waals surface area contributed by atoms with Crippen molar-refractivity contribution in [2.75, 3.05) is 6.61 Å². The molecule has 0 aromatic heterocycles. The minimum absolute atomic E-state index is 0.0117. The van der Waals surface area contributed by atoms with Crippen LogP contribution in [0.5, 0.6) is 5.75 Å². The molecule has 0 aliphatic rings. The van der Waals surface area contributed by atoms with Crippen LogP contribution in [-0.4, -0.2) is 23.9 Å². The molecule has 1 atom stereocenters. The zero-order chi connectivity index (χ0) is 11.1. The third kappa shape index (κ3) is 4.44. The molecule has 0 saturated carbocycles. The van der Waals surface area contributed by atoms with Crippen LogP contribution in [0.4, 0.5) is 4.39 Å². The molecule has 0 fully saturated rings. The highest BCUT2D eigenvalue weighted by Gasteiger charge is 2.14. The number of hydrogen-bond acceptors (Lipinski definition) is 2. The molecule has 0 saturated heterocycles. The van der Waals surface area contributed by atoms with Crippen molar-refractivity contribution < 1.29 is 19.0 Å². The Morgan fingerprint density at radius 3 is 2.67 bits per heavy atom. The highest BCUT2D eigenvalue weighted by atomic mass is 19.1. The fourth-order valence-corrected chi connectivity index (χ4v) is 1.09. The second-order valence-electron chi connectivity index (χ2n) is 3.11. The molecule has 82 valence electrons. The Labute approximate surface area is 87.5 Å². The summed E-state index contributed by atoms with van der Waals surface area (Å²) < 4.78 is 17.9. The SMILES string of the molecule is O=C(O)C(F)CCCOc1ccccc1. The summed E-state index contributed by atoms with van der Waals surface area (Å²) in [6, 6.07) is 9.14. The number of aliphatic carboxylic acids is 1. The van der Waals surface area contributed by atoms with Gasteiger partial charge in [0.2, 0.25) is 0 Å². The standard InChI is InChI=1S/C11H13FO3/c12-10(11(13)14)7-4-8-15-9-5-2-1-3-6-9/h1-3,5-6,10H,4,7-8H2,(H,13,14). The van der Waals surface area contributed by atoms with Crippen molar-refractivity contribution in [3.8, 4) is 5.75 Å². The molecule has 0 bridgehead atoms. The van der Waals surface area contributed by atoms with Gasteiger partial charge in [0, 0.05) is 0 Å². The largest absolute Gasteiger partial charge is 0.494 e. The van der Waals surface area contributed by atoms with E-state index in [1.165, 1.54) is 0 Å². The Kier molecular flexibility index (Phi) is 4.60. The normalized spacial score (nSPS) is 12.1. The van der Waals surface area contributed by atoms with Crippen molar-refractivity contribution in [3.05, 3.63) is 30.3 Å². The maximum absolute atomic E-state index is 12.6. The van der Waals surface area contributed by atoms with E-state index in [1.54, 1.807) is 12.1 Å². The van der Waals surface area contributed by atoms with Gasteiger partial charge >= 0.3 is 5.97 Å². The number of carboxylic acid groups (broad SMARTS) is 1.